The second-order valence-electron chi connectivity index (χ2n) is 2.44. The molecule has 0 saturated carbocycles. The molecular formula is C9H13NOS. The summed E-state index contributed by atoms with van der Waals surface area (Å²) < 4.78 is 5.09. The van der Waals surface area contributed by atoms with Crippen LogP contribution in [0.25, 0.3) is 0 Å². The number of nitrogens with one attached hydrogen (secondary N) is 1. The fraction of sp³-hybridized carbons (Fsp3) is 0.333. The van der Waals surface area contributed by atoms with Crippen molar-refractivity contribution in [3.63, 3.8) is 0 Å². The zero-order valence-electron chi connectivity index (χ0n) is 7.08. The third-order valence-electron chi connectivity index (χ3n) is 1.58. The van der Waals surface area contributed by atoms with Crippen molar-refractivity contribution < 1.29 is 4.74 Å². The first-order chi connectivity index (χ1) is 5.86. The van der Waals surface area contributed by atoms with Crippen molar-refractivity contribution in [2.75, 3.05) is 13.0 Å². The van der Waals surface area contributed by atoms with Crippen molar-refractivity contribution in [2.45, 2.75) is 6.54 Å². The van der Waals surface area contributed by atoms with Gasteiger partial charge in [-0.3, -0.25) is 0 Å². The van der Waals surface area contributed by atoms with Gasteiger partial charge in [0.1, 0.15) is 5.75 Å². The van der Waals surface area contributed by atoms with Crippen molar-refractivity contribution >= 4 is 12.6 Å². The normalized spacial score (nSPS) is 9.83. The van der Waals surface area contributed by atoms with Gasteiger partial charge in [0, 0.05) is 12.4 Å². The molecule has 0 bridgehead atoms. The van der Waals surface area contributed by atoms with E-state index in [9.17, 15) is 0 Å². The van der Waals surface area contributed by atoms with Gasteiger partial charge in [0.05, 0.1) is 7.11 Å². The summed E-state index contributed by atoms with van der Waals surface area (Å²) in [4.78, 5) is 0. The molecular weight excluding hydrogens is 170 g/mol. The Morgan fingerprint density at radius 1 is 1.50 bits per heavy atom. The third kappa shape index (κ3) is 2.75. The predicted octanol–water partition coefficient (Wildman–Crippen LogP) is 1.67. The lowest BCUT2D eigenvalue weighted by Gasteiger charge is -2.03. The van der Waals surface area contributed by atoms with E-state index in [-0.39, 0.29) is 0 Å². The quantitative estimate of drug-likeness (QED) is 0.547. The van der Waals surface area contributed by atoms with Crippen LogP contribution in [0, 0.1) is 0 Å². The highest BCUT2D eigenvalue weighted by Crippen LogP contribution is 2.11. The minimum atomic E-state index is 0.692. The summed E-state index contributed by atoms with van der Waals surface area (Å²) in [5.74, 6) is 1.59. The number of ether oxygens (including phenoxy) is 1. The van der Waals surface area contributed by atoms with Crippen molar-refractivity contribution in [1.82, 2.24) is 5.32 Å². The molecule has 0 heterocycles. The van der Waals surface area contributed by atoms with Gasteiger partial charge in [-0.1, -0.05) is 12.1 Å². The van der Waals surface area contributed by atoms with Crippen LogP contribution in [-0.4, -0.2) is 13.0 Å². The summed E-state index contributed by atoms with van der Waals surface area (Å²) in [6.07, 6.45) is 0. The molecule has 0 fully saturated rings. The van der Waals surface area contributed by atoms with Gasteiger partial charge in [-0.05, 0) is 17.7 Å². The summed E-state index contributed by atoms with van der Waals surface area (Å²) in [6, 6.07) is 7.98. The van der Waals surface area contributed by atoms with Gasteiger partial charge < -0.3 is 10.1 Å². The molecule has 1 rings (SSSR count). The van der Waals surface area contributed by atoms with Crippen LogP contribution in [0.4, 0.5) is 0 Å². The molecule has 1 N–H and O–H groups in total. The first kappa shape index (κ1) is 9.42. The van der Waals surface area contributed by atoms with E-state index in [0.717, 1.165) is 12.3 Å². The van der Waals surface area contributed by atoms with E-state index < -0.39 is 0 Å². The lowest BCUT2D eigenvalue weighted by atomic mass is 10.2. The maximum Gasteiger partial charge on any atom is 0.119 e. The molecule has 3 heteroatoms. The van der Waals surface area contributed by atoms with Crippen LogP contribution in [0.2, 0.25) is 0 Å². The second kappa shape index (κ2) is 5.06. The predicted molar refractivity (Wildman–Crippen MR) is 53.7 cm³/mol. The molecule has 0 saturated heterocycles. The summed E-state index contributed by atoms with van der Waals surface area (Å²) >= 11 is 4.06. The Labute approximate surface area is 78.3 Å². The van der Waals surface area contributed by atoms with Gasteiger partial charge >= 0.3 is 0 Å². The highest BCUT2D eigenvalue weighted by molar-refractivity contribution is 7.80. The first-order valence-corrected chi connectivity index (χ1v) is 4.44. The Morgan fingerprint density at radius 2 is 2.33 bits per heavy atom. The van der Waals surface area contributed by atoms with Crippen molar-refractivity contribution in [3.8, 4) is 5.75 Å². The van der Waals surface area contributed by atoms with E-state index in [0.29, 0.717) is 5.88 Å². The molecule has 0 amide bonds. The van der Waals surface area contributed by atoms with Crippen LogP contribution < -0.4 is 10.1 Å². The fourth-order valence-corrected chi connectivity index (χ4v) is 1.09. The molecule has 0 unspecified atom stereocenters. The van der Waals surface area contributed by atoms with E-state index in [4.69, 9.17) is 4.74 Å². The van der Waals surface area contributed by atoms with Gasteiger partial charge in [0.25, 0.3) is 0 Å². The van der Waals surface area contributed by atoms with Gasteiger partial charge in [-0.2, -0.15) is 12.6 Å². The van der Waals surface area contributed by atoms with Crippen LogP contribution in [0.3, 0.4) is 0 Å². The lowest BCUT2D eigenvalue weighted by Crippen LogP contribution is -2.09. The Bertz CT molecular complexity index is 240. The number of hydrogen-bond acceptors (Lipinski definition) is 3. The maximum absolute atomic E-state index is 5.09. The van der Waals surface area contributed by atoms with Crippen LogP contribution >= 0.6 is 12.6 Å². The standard InChI is InChI=1S/C9H13NOS/c1-11-9-4-2-3-8(5-9)6-10-7-12/h2-5,10,12H,6-7H2,1H3. The minimum absolute atomic E-state index is 0.692. The number of rotatable bonds is 4. The zero-order chi connectivity index (χ0) is 8.81. The average Bonchev–Trinajstić information content (AvgIpc) is 2.15. The fourth-order valence-electron chi connectivity index (χ4n) is 0.983. The number of methoxy groups -OCH3 is 1. The largest absolute Gasteiger partial charge is 0.497 e. The van der Waals surface area contributed by atoms with Crippen LogP contribution in [-0.2, 0) is 6.54 Å². The Balaban J connectivity index is 2.60. The van der Waals surface area contributed by atoms with E-state index in [1.807, 2.05) is 18.2 Å². The first-order valence-electron chi connectivity index (χ1n) is 3.81. The molecule has 0 aliphatic heterocycles. The molecule has 12 heavy (non-hydrogen) atoms. The monoisotopic (exact) mass is 183 g/mol. The smallest absolute Gasteiger partial charge is 0.119 e. The van der Waals surface area contributed by atoms with Gasteiger partial charge in [0.15, 0.2) is 0 Å². The second-order valence-corrected chi connectivity index (χ2v) is 2.75. The van der Waals surface area contributed by atoms with Crippen molar-refractivity contribution in [3.05, 3.63) is 29.8 Å². The van der Waals surface area contributed by atoms with Crippen LogP contribution in [0.5, 0.6) is 5.75 Å². The van der Waals surface area contributed by atoms with Gasteiger partial charge in [-0.25, -0.2) is 0 Å². The van der Waals surface area contributed by atoms with E-state index in [2.05, 4.69) is 24.0 Å². The molecule has 0 aliphatic rings. The topological polar surface area (TPSA) is 21.3 Å². The van der Waals surface area contributed by atoms with E-state index in [1.165, 1.54) is 5.56 Å². The molecule has 0 aliphatic carbocycles. The van der Waals surface area contributed by atoms with Crippen LogP contribution in [0.15, 0.2) is 24.3 Å². The van der Waals surface area contributed by atoms with Gasteiger partial charge in [0.2, 0.25) is 0 Å². The molecule has 1 aromatic carbocycles. The molecule has 1 aromatic rings. The molecule has 0 radical (unpaired) electrons. The molecule has 0 atom stereocenters. The molecule has 0 aromatic heterocycles. The molecule has 66 valence electrons. The number of hydrogen-bond donors (Lipinski definition) is 2. The number of thiol groups is 1. The van der Waals surface area contributed by atoms with E-state index >= 15 is 0 Å². The highest BCUT2D eigenvalue weighted by atomic mass is 32.1. The average molecular weight is 183 g/mol. The summed E-state index contributed by atoms with van der Waals surface area (Å²) in [6.45, 7) is 0.834. The Morgan fingerprint density at radius 3 is 3.00 bits per heavy atom. The summed E-state index contributed by atoms with van der Waals surface area (Å²) in [7, 11) is 1.67. The maximum atomic E-state index is 5.09. The Hall–Kier alpha value is -0.670. The van der Waals surface area contributed by atoms with E-state index in [1.54, 1.807) is 7.11 Å². The lowest BCUT2D eigenvalue weighted by molar-refractivity contribution is 0.414. The van der Waals surface area contributed by atoms with Gasteiger partial charge in [-0.15, -0.1) is 0 Å². The zero-order valence-corrected chi connectivity index (χ0v) is 7.97. The summed E-state index contributed by atoms with van der Waals surface area (Å²) in [5.41, 5.74) is 1.21. The number of benzene rings is 1. The SMILES string of the molecule is COc1cccc(CNCS)c1. The van der Waals surface area contributed by atoms with Crippen LogP contribution in [0.1, 0.15) is 5.56 Å². The molecule has 2 nitrogen and oxygen atoms in total. The van der Waals surface area contributed by atoms with Crippen molar-refractivity contribution in [2.24, 2.45) is 0 Å². The third-order valence-corrected chi connectivity index (χ3v) is 1.80. The minimum Gasteiger partial charge on any atom is -0.497 e. The van der Waals surface area contributed by atoms with Crippen molar-refractivity contribution in [1.29, 1.82) is 0 Å². The summed E-state index contributed by atoms with van der Waals surface area (Å²) in [5, 5.41) is 3.12. The molecule has 0 spiro atoms. The highest BCUT2D eigenvalue weighted by Gasteiger charge is 1.93. The Kier molecular flexibility index (Phi) is 3.97.